The van der Waals surface area contributed by atoms with E-state index in [-0.39, 0.29) is 11.3 Å². The molecule has 0 aliphatic carbocycles. The van der Waals surface area contributed by atoms with Crippen LogP contribution in [0.25, 0.3) is 0 Å². The number of benzene rings is 2. The summed E-state index contributed by atoms with van der Waals surface area (Å²) in [6, 6.07) is 10.1. The van der Waals surface area contributed by atoms with Gasteiger partial charge in [0.15, 0.2) is 0 Å². The summed E-state index contributed by atoms with van der Waals surface area (Å²) < 4.78 is 48.0. The largest absolute Gasteiger partial charge is 0.497 e. The third-order valence-corrected chi connectivity index (χ3v) is 4.17. The fraction of sp³-hybridized carbons (Fsp3) is 0.250. The summed E-state index contributed by atoms with van der Waals surface area (Å²) in [6.45, 7) is -1.56. The van der Waals surface area contributed by atoms with Crippen LogP contribution >= 0.6 is 11.8 Å². The van der Waals surface area contributed by atoms with Crippen molar-refractivity contribution in [3.8, 4) is 11.5 Å². The first-order valence-corrected chi connectivity index (χ1v) is 7.49. The predicted octanol–water partition coefficient (Wildman–Crippen LogP) is 5.04. The lowest BCUT2D eigenvalue weighted by atomic mass is 10.2. The van der Waals surface area contributed by atoms with Gasteiger partial charge >= 0.3 is 6.61 Å². The number of methoxy groups -OCH3 is 1. The Labute approximate surface area is 131 Å². The van der Waals surface area contributed by atoms with Gasteiger partial charge in [-0.05, 0) is 36.8 Å². The zero-order valence-electron chi connectivity index (χ0n) is 12.1. The van der Waals surface area contributed by atoms with Gasteiger partial charge in [-0.2, -0.15) is 8.78 Å². The SMILES string of the molecule is COc1ccc(CSc2ccc(F)c(C)c2OC(F)F)cc1. The van der Waals surface area contributed by atoms with Gasteiger partial charge in [-0.1, -0.05) is 12.1 Å². The fourth-order valence-corrected chi connectivity index (χ4v) is 2.89. The summed E-state index contributed by atoms with van der Waals surface area (Å²) in [5.74, 6) is 0.625. The number of ether oxygens (including phenoxy) is 2. The molecule has 0 aliphatic heterocycles. The van der Waals surface area contributed by atoms with Crippen molar-refractivity contribution in [3.63, 3.8) is 0 Å². The molecule has 0 radical (unpaired) electrons. The van der Waals surface area contributed by atoms with E-state index in [9.17, 15) is 13.2 Å². The first-order chi connectivity index (χ1) is 10.5. The molecule has 0 spiro atoms. The van der Waals surface area contributed by atoms with E-state index < -0.39 is 12.4 Å². The monoisotopic (exact) mass is 328 g/mol. The van der Waals surface area contributed by atoms with Crippen molar-refractivity contribution in [2.24, 2.45) is 0 Å². The topological polar surface area (TPSA) is 18.5 Å². The molecule has 0 saturated carbocycles. The van der Waals surface area contributed by atoms with E-state index in [2.05, 4.69) is 4.74 Å². The molecular formula is C16H15F3O2S. The average Bonchev–Trinajstić information content (AvgIpc) is 2.51. The van der Waals surface area contributed by atoms with E-state index in [1.165, 1.54) is 30.8 Å². The Kier molecular flexibility index (Phi) is 5.60. The molecule has 6 heteroatoms. The summed E-state index contributed by atoms with van der Waals surface area (Å²) in [5.41, 5.74) is 1.08. The maximum absolute atomic E-state index is 13.5. The molecule has 0 bridgehead atoms. The highest BCUT2D eigenvalue weighted by Gasteiger charge is 2.16. The first kappa shape index (κ1) is 16.5. The van der Waals surface area contributed by atoms with Crippen molar-refractivity contribution in [3.05, 3.63) is 53.3 Å². The van der Waals surface area contributed by atoms with Crippen molar-refractivity contribution in [2.75, 3.05) is 7.11 Å². The van der Waals surface area contributed by atoms with Crippen LogP contribution in [-0.2, 0) is 5.75 Å². The van der Waals surface area contributed by atoms with E-state index in [0.717, 1.165) is 11.3 Å². The van der Waals surface area contributed by atoms with Gasteiger partial charge in [0.2, 0.25) is 0 Å². The van der Waals surface area contributed by atoms with E-state index >= 15 is 0 Å². The van der Waals surface area contributed by atoms with E-state index in [0.29, 0.717) is 10.6 Å². The third kappa shape index (κ3) is 4.10. The number of hydrogen-bond acceptors (Lipinski definition) is 3. The molecule has 0 aliphatic rings. The zero-order chi connectivity index (χ0) is 16.1. The first-order valence-electron chi connectivity index (χ1n) is 6.51. The van der Waals surface area contributed by atoms with Gasteiger partial charge in [-0.25, -0.2) is 4.39 Å². The Bertz CT molecular complexity index is 630. The molecule has 0 saturated heterocycles. The van der Waals surface area contributed by atoms with Gasteiger partial charge in [0.25, 0.3) is 0 Å². The Morgan fingerprint density at radius 2 is 1.77 bits per heavy atom. The summed E-state index contributed by atoms with van der Waals surface area (Å²) in [6.07, 6.45) is 0. The molecule has 2 rings (SSSR count). The summed E-state index contributed by atoms with van der Waals surface area (Å²) in [5, 5.41) is 0. The van der Waals surface area contributed by atoms with Crippen LogP contribution < -0.4 is 9.47 Å². The van der Waals surface area contributed by atoms with Gasteiger partial charge in [-0.15, -0.1) is 11.8 Å². The second kappa shape index (κ2) is 7.45. The van der Waals surface area contributed by atoms with Gasteiger partial charge in [0.05, 0.1) is 12.0 Å². The molecule has 0 atom stereocenters. The van der Waals surface area contributed by atoms with E-state index in [1.807, 2.05) is 24.3 Å². The maximum Gasteiger partial charge on any atom is 0.387 e. The van der Waals surface area contributed by atoms with Crippen LogP contribution in [-0.4, -0.2) is 13.7 Å². The minimum Gasteiger partial charge on any atom is -0.497 e. The molecule has 0 aromatic heterocycles. The highest BCUT2D eigenvalue weighted by Crippen LogP contribution is 2.36. The van der Waals surface area contributed by atoms with Crippen LogP contribution in [0.1, 0.15) is 11.1 Å². The molecule has 0 N–H and O–H groups in total. The highest BCUT2D eigenvalue weighted by molar-refractivity contribution is 7.98. The standard InChI is InChI=1S/C16H15F3O2S/c1-10-13(17)7-8-14(15(10)21-16(18)19)22-9-11-3-5-12(20-2)6-4-11/h3-8,16H,9H2,1-2H3. The molecule has 2 aromatic carbocycles. The van der Waals surface area contributed by atoms with Crippen molar-refractivity contribution in [1.29, 1.82) is 0 Å². The smallest absolute Gasteiger partial charge is 0.387 e. The number of thioether (sulfide) groups is 1. The van der Waals surface area contributed by atoms with Crippen LogP contribution in [0.3, 0.4) is 0 Å². The number of halogens is 3. The molecule has 22 heavy (non-hydrogen) atoms. The molecular weight excluding hydrogens is 313 g/mol. The molecule has 118 valence electrons. The normalized spacial score (nSPS) is 10.8. The Balaban J connectivity index is 2.16. The quantitative estimate of drug-likeness (QED) is 0.692. The van der Waals surface area contributed by atoms with E-state index in [4.69, 9.17) is 4.74 Å². The lowest BCUT2D eigenvalue weighted by Crippen LogP contribution is -2.05. The van der Waals surface area contributed by atoms with Crippen LogP contribution in [0, 0.1) is 12.7 Å². The van der Waals surface area contributed by atoms with Gasteiger partial charge in [0.1, 0.15) is 17.3 Å². The lowest BCUT2D eigenvalue weighted by molar-refractivity contribution is -0.0523. The number of hydrogen-bond donors (Lipinski definition) is 0. The minimum atomic E-state index is -2.99. The van der Waals surface area contributed by atoms with Crippen LogP contribution in [0.2, 0.25) is 0 Å². The average molecular weight is 328 g/mol. The zero-order valence-corrected chi connectivity index (χ0v) is 12.9. The lowest BCUT2D eigenvalue weighted by Gasteiger charge is -2.13. The van der Waals surface area contributed by atoms with Crippen LogP contribution in [0.15, 0.2) is 41.3 Å². The number of rotatable bonds is 6. The van der Waals surface area contributed by atoms with E-state index in [1.54, 1.807) is 7.11 Å². The summed E-state index contributed by atoms with van der Waals surface area (Å²) in [4.78, 5) is 0.481. The molecule has 0 unspecified atom stereocenters. The summed E-state index contributed by atoms with van der Waals surface area (Å²) >= 11 is 1.31. The van der Waals surface area contributed by atoms with Gasteiger partial charge in [0, 0.05) is 11.3 Å². The Morgan fingerprint density at radius 3 is 2.36 bits per heavy atom. The van der Waals surface area contributed by atoms with Crippen LogP contribution in [0.5, 0.6) is 11.5 Å². The minimum absolute atomic E-state index is 0.0834. The maximum atomic E-state index is 13.5. The fourth-order valence-electron chi connectivity index (χ4n) is 1.87. The molecule has 0 heterocycles. The molecule has 0 fully saturated rings. The third-order valence-electron chi connectivity index (χ3n) is 3.06. The van der Waals surface area contributed by atoms with Gasteiger partial charge < -0.3 is 9.47 Å². The van der Waals surface area contributed by atoms with Crippen molar-refractivity contribution >= 4 is 11.8 Å². The Morgan fingerprint density at radius 1 is 1.09 bits per heavy atom. The second-order valence-corrected chi connectivity index (χ2v) is 5.53. The molecule has 0 amide bonds. The predicted molar refractivity (Wildman–Crippen MR) is 80.3 cm³/mol. The van der Waals surface area contributed by atoms with Crippen molar-refractivity contribution < 1.29 is 22.6 Å². The highest BCUT2D eigenvalue weighted by atomic mass is 32.2. The van der Waals surface area contributed by atoms with Crippen LogP contribution in [0.4, 0.5) is 13.2 Å². The second-order valence-electron chi connectivity index (χ2n) is 4.51. The van der Waals surface area contributed by atoms with Gasteiger partial charge in [-0.3, -0.25) is 0 Å². The summed E-state index contributed by atoms with van der Waals surface area (Å²) in [7, 11) is 1.58. The molecule has 2 nitrogen and oxygen atoms in total. The van der Waals surface area contributed by atoms with Crippen molar-refractivity contribution in [2.45, 2.75) is 24.2 Å². The van der Waals surface area contributed by atoms with Crippen molar-refractivity contribution in [1.82, 2.24) is 0 Å². The molecule has 2 aromatic rings. The number of alkyl halides is 2. The Hall–Kier alpha value is -1.82.